The van der Waals surface area contributed by atoms with Crippen LogP contribution >= 0.6 is 0 Å². The van der Waals surface area contributed by atoms with Crippen molar-refractivity contribution in [3.8, 4) is 11.3 Å². The summed E-state index contributed by atoms with van der Waals surface area (Å²) in [7, 11) is -1.13. The monoisotopic (exact) mass is 683 g/mol. The summed E-state index contributed by atoms with van der Waals surface area (Å²) in [6.45, 7) is 9.09. The standard InChI is InChI=1S/C42H49N5O2Si/c1-50(2,3)28-27-48-32-46-25-23-39-40(43-31-44-41(39)46)34-29-45-47(30-34)38-21-19-33(20-22-38)24-26-49-42(35-13-7-4-8-14-35,36-15-9-5-10-16-36)37-17-11-6-12-18-37/h4-18,23,25,29-31,33,38H,19-22,24,26-28,32H2,1-3H3. The highest BCUT2D eigenvalue weighted by molar-refractivity contribution is 6.76. The van der Waals surface area contributed by atoms with Crippen molar-refractivity contribution in [3.63, 3.8) is 0 Å². The summed E-state index contributed by atoms with van der Waals surface area (Å²) >= 11 is 0. The SMILES string of the molecule is C[Si](C)(C)CCOCn1ccc2c(-c3cnn(C4CCC(CCOC(c5ccccc5)(c5ccccc5)c5ccccc5)CC4)c3)ncnc21. The lowest BCUT2D eigenvalue weighted by Gasteiger charge is -2.37. The van der Waals surface area contributed by atoms with Crippen molar-refractivity contribution in [3.05, 3.63) is 139 Å². The van der Waals surface area contributed by atoms with Crippen LogP contribution in [0.5, 0.6) is 0 Å². The lowest BCUT2D eigenvalue weighted by molar-refractivity contribution is 0.00269. The van der Waals surface area contributed by atoms with Gasteiger partial charge in [0.1, 0.15) is 24.3 Å². The number of nitrogens with zero attached hydrogens (tertiary/aromatic N) is 5. The van der Waals surface area contributed by atoms with Gasteiger partial charge < -0.3 is 14.0 Å². The Hall–Kier alpha value is -4.37. The molecular weight excluding hydrogens is 635 g/mol. The Bertz CT molecular complexity index is 1850. The van der Waals surface area contributed by atoms with Gasteiger partial charge in [0.05, 0.1) is 17.9 Å². The summed E-state index contributed by atoms with van der Waals surface area (Å²) in [6, 6.07) is 35.6. The maximum absolute atomic E-state index is 7.09. The molecule has 0 unspecified atom stereocenters. The zero-order valence-electron chi connectivity index (χ0n) is 29.6. The van der Waals surface area contributed by atoms with E-state index in [9.17, 15) is 0 Å². The fourth-order valence-electron chi connectivity index (χ4n) is 7.38. The quantitative estimate of drug-likeness (QED) is 0.0650. The molecule has 50 heavy (non-hydrogen) atoms. The smallest absolute Gasteiger partial charge is 0.145 e. The molecule has 0 atom stereocenters. The van der Waals surface area contributed by atoms with Crippen LogP contribution in [-0.4, -0.2) is 45.6 Å². The molecule has 1 aliphatic carbocycles. The van der Waals surface area contributed by atoms with Crippen molar-refractivity contribution in [1.29, 1.82) is 0 Å². The van der Waals surface area contributed by atoms with E-state index in [2.05, 4.69) is 148 Å². The molecule has 3 heterocycles. The molecule has 0 amide bonds. The van der Waals surface area contributed by atoms with E-state index in [-0.39, 0.29) is 0 Å². The van der Waals surface area contributed by atoms with Gasteiger partial charge in [-0.3, -0.25) is 4.68 Å². The van der Waals surface area contributed by atoms with Crippen LogP contribution in [0.1, 0.15) is 54.8 Å². The topological polar surface area (TPSA) is 67.0 Å². The van der Waals surface area contributed by atoms with E-state index in [0.717, 1.165) is 83.7 Å². The zero-order chi connectivity index (χ0) is 34.4. The molecule has 1 fully saturated rings. The molecule has 0 saturated heterocycles. The Morgan fingerprint density at radius 1 is 0.760 bits per heavy atom. The van der Waals surface area contributed by atoms with Gasteiger partial charge in [-0.2, -0.15) is 5.10 Å². The molecule has 7 nitrogen and oxygen atoms in total. The van der Waals surface area contributed by atoms with Gasteiger partial charge in [-0.15, -0.1) is 0 Å². The molecule has 3 aromatic heterocycles. The molecule has 0 bridgehead atoms. The summed E-state index contributed by atoms with van der Waals surface area (Å²) in [5, 5.41) is 5.87. The van der Waals surface area contributed by atoms with E-state index in [4.69, 9.17) is 14.6 Å². The zero-order valence-corrected chi connectivity index (χ0v) is 30.6. The Balaban J connectivity index is 0.991. The van der Waals surface area contributed by atoms with E-state index in [1.54, 1.807) is 6.33 Å². The average molecular weight is 684 g/mol. The highest BCUT2D eigenvalue weighted by Crippen LogP contribution is 2.42. The molecule has 0 radical (unpaired) electrons. The average Bonchev–Trinajstić information content (AvgIpc) is 3.81. The summed E-state index contributed by atoms with van der Waals surface area (Å²) in [5.41, 5.74) is 5.64. The number of hydrogen-bond acceptors (Lipinski definition) is 5. The first-order valence-corrected chi connectivity index (χ1v) is 21.8. The van der Waals surface area contributed by atoms with Crippen molar-refractivity contribution < 1.29 is 9.47 Å². The second-order valence-electron chi connectivity index (χ2n) is 14.9. The molecule has 8 heteroatoms. The largest absolute Gasteiger partial charge is 0.361 e. The van der Waals surface area contributed by atoms with Crippen molar-refractivity contribution in [1.82, 2.24) is 24.3 Å². The molecule has 6 aromatic rings. The minimum Gasteiger partial charge on any atom is -0.361 e. The summed E-state index contributed by atoms with van der Waals surface area (Å²) in [5.74, 6) is 0.621. The molecule has 0 spiro atoms. The second kappa shape index (κ2) is 15.3. The Morgan fingerprint density at radius 2 is 1.38 bits per heavy atom. The van der Waals surface area contributed by atoms with Gasteiger partial charge in [0, 0.05) is 44.6 Å². The Labute approximate surface area is 297 Å². The number of benzene rings is 3. The summed E-state index contributed by atoms with van der Waals surface area (Å²) in [6.07, 6.45) is 13.4. The first-order valence-electron chi connectivity index (χ1n) is 18.1. The second-order valence-corrected chi connectivity index (χ2v) is 20.5. The van der Waals surface area contributed by atoms with Crippen LogP contribution < -0.4 is 0 Å². The predicted octanol–water partition coefficient (Wildman–Crippen LogP) is 9.74. The molecular formula is C42H49N5O2Si. The fraction of sp³-hybridized carbons (Fsp3) is 0.357. The summed E-state index contributed by atoms with van der Waals surface area (Å²) < 4.78 is 17.3. The van der Waals surface area contributed by atoms with Crippen LogP contribution in [-0.2, 0) is 21.8 Å². The lowest BCUT2D eigenvalue weighted by atomic mass is 9.80. The predicted molar refractivity (Wildman–Crippen MR) is 204 cm³/mol. The summed E-state index contributed by atoms with van der Waals surface area (Å²) in [4.78, 5) is 9.28. The van der Waals surface area contributed by atoms with Crippen molar-refractivity contribution in [2.24, 2.45) is 5.92 Å². The number of fused-ring (bicyclic) bond motifs is 1. The van der Waals surface area contributed by atoms with Crippen LogP contribution in [0.2, 0.25) is 25.7 Å². The lowest BCUT2D eigenvalue weighted by Crippen LogP contribution is -2.33. The number of hydrogen-bond donors (Lipinski definition) is 0. The van der Waals surface area contributed by atoms with Gasteiger partial charge in [0.2, 0.25) is 0 Å². The third kappa shape index (κ3) is 7.53. The number of aromatic nitrogens is 5. The molecule has 0 aliphatic heterocycles. The normalized spacial score (nSPS) is 16.9. The molecule has 1 aliphatic rings. The third-order valence-electron chi connectivity index (χ3n) is 10.2. The third-order valence-corrected chi connectivity index (χ3v) is 11.9. The van der Waals surface area contributed by atoms with E-state index in [0.29, 0.717) is 25.3 Å². The highest BCUT2D eigenvalue weighted by Gasteiger charge is 2.37. The van der Waals surface area contributed by atoms with Crippen molar-refractivity contribution in [2.75, 3.05) is 13.2 Å². The van der Waals surface area contributed by atoms with Crippen LogP contribution in [0.4, 0.5) is 0 Å². The fourth-order valence-corrected chi connectivity index (χ4v) is 8.14. The van der Waals surface area contributed by atoms with E-state index >= 15 is 0 Å². The number of rotatable bonds is 14. The molecule has 7 rings (SSSR count). The van der Waals surface area contributed by atoms with Gasteiger partial charge in [0.25, 0.3) is 0 Å². The highest BCUT2D eigenvalue weighted by atomic mass is 28.3. The van der Waals surface area contributed by atoms with E-state index in [1.165, 1.54) is 0 Å². The van der Waals surface area contributed by atoms with Gasteiger partial charge in [-0.25, -0.2) is 9.97 Å². The van der Waals surface area contributed by atoms with Crippen LogP contribution in [0, 0.1) is 5.92 Å². The number of ether oxygens (including phenoxy) is 2. The maximum Gasteiger partial charge on any atom is 0.145 e. The van der Waals surface area contributed by atoms with E-state index < -0.39 is 13.7 Å². The Morgan fingerprint density at radius 3 is 1.98 bits per heavy atom. The Kier molecular flexibility index (Phi) is 10.4. The minimum atomic E-state index is -1.13. The van der Waals surface area contributed by atoms with E-state index in [1.807, 2.05) is 6.20 Å². The maximum atomic E-state index is 7.09. The van der Waals surface area contributed by atoms with Crippen LogP contribution in [0.15, 0.2) is 122 Å². The van der Waals surface area contributed by atoms with Crippen molar-refractivity contribution >= 4 is 19.1 Å². The molecule has 3 aromatic carbocycles. The van der Waals surface area contributed by atoms with Gasteiger partial charge in [-0.1, -0.05) is 111 Å². The van der Waals surface area contributed by atoms with Crippen LogP contribution in [0.3, 0.4) is 0 Å². The first-order chi connectivity index (χ1) is 24.4. The van der Waals surface area contributed by atoms with Crippen molar-refractivity contribution in [2.45, 2.75) is 76.2 Å². The first kappa shape index (κ1) is 34.1. The minimum absolute atomic E-state index is 0.389. The molecule has 0 N–H and O–H groups in total. The molecule has 1 saturated carbocycles. The van der Waals surface area contributed by atoms with Gasteiger partial charge >= 0.3 is 0 Å². The van der Waals surface area contributed by atoms with Gasteiger partial charge in [-0.05, 0) is 66.8 Å². The molecule has 258 valence electrons. The van der Waals surface area contributed by atoms with Crippen LogP contribution in [0.25, 0.3) is 22.3 Å². The van der Waals surface area contributed by atoms with Gasteiger partial charge in [0.15, 0.2) is 0 Å².